The van der Waals surface area contributed by atoms with Crippen LogP contribution in [0, 0.1) is 0 Å². The van der Waals surface area contributed by atoms with E-state index in [0.29, 0.717) is 13.0 Å². The number of rotatable bonds is 3. The number of carbonyl (C=O) groups is 2. The number of methoxy groups -OCH3 is 1. The lowest BCUT2D eigenvalue weighted by atomic mass is 10.1. The number of nitrogens with zero attached hydrogens (tertiary/aromatic N) is 1. The highest BCUT2D eigenvalue weighted by molar-refractivity contribution is 5.76. The smallest absolute Gasteiger partial charge is 0.410 e. The molecule has 0 aliphatic carbocycles. The van der Waals surface area contributed by atoms with E-state index in [0.717, 1.165) is 6.42 Å². The maximum Gasteiger partial charge on any atom is 0.410 e. The van der Waals surface area contributed by atoms with Gasteiger partial charge in [0.1, 0.15) is 5.60 Å². The summed E-state index contributed by atoms with van der Waals surface area (Å²) in [7, 11) is 1.34. The van der Waals surface area contributed by atoms with E-state index in [4.69, 9.17) is 14.6 Å². The number of ether oxygens (including phenoxy) is 2. The van der Waals surface area contributed by atoms with E-state index in [1.165, 1.54) is 12.0 Å². The van der Waals surface area contributed by atoms with Crippen LogP contribution in [0.25, 0.3) is 0 Å². The molecule has 0 aromatic carbocycles. The summed E-state index contributed by atoms with van der Waals surface area (Å²) in [5.41, 5.74) is -0.587. The predicted octanol–water partition coefficient (Wildman–Crippen LogP) is 1.49. The molecule has 0 bridgehead atoms. The summed E-state index contributed by atoms with van der Waals surface area (Å²) >= 11 is 0. The molecule has 1 aliphatic rings. The van der Waals surface area contributed by atoms with Gasteiger partial charge in [0.05, 0.1) is 6.04 Å². The molecule has 18 heavy (non-hydrogen) atoms. The molecule has 6 nitrogen and oxygen atoms in total. The van der Waals surface area contributed by atoms with Crippen LogP contribution >= 0.6 is 0 Å². The molecule has 6 heteroatoms. The third-order valence-corrected chi connectivity index (χ3v) is 2.77. The Morgan fingerprint density at radius 1 is 1.39 bits per heavy atom. The molecule has 1 unspecified atom stereocenters. The maximum atomic E-state index is 12.0. The zero-order valence-electron chi connectivity index (χ0n) is 11.3. The molecule has 1 saturated heterocycles. The van der Waals surface area contributed by atoms with Crippen LogP contribution in [0.3, 0.4) is 0 Å². The van der Waals surface area contributed by atoms with Crippen molar-refractivity contribution in [2.45, 2.75) is 51.4 Å². The SMILES string of the molecule is CO[C@H](C(=O)O)C1CCCN1C(=O)OC(C)(C)C. The first-order valence-corrected chi connectivity index (χ1v) is 6.01. The molecular weight excluding hydrogens is 238 g/mol. The average molecular weight is 259 g/mol. The first kappa shape index (κ1) is 14.8. The second-order valence-electron chi connectivity index (χ2n) is 5.38. The Morgan fingerprint density at radius 2 is 2.00 bits per heavy atom. The van der Waals surface area contributed by atoms with Crippen molar-refractivity contribution in [1.29, 1.82) is 0 Å². The number of aliphatic carboxylic acids is 1. The number of likely N-dealkylation sites (tertiary alicyclic amines) is 1. The highest BCUT2D eigenvalue weighted by Gasteiger charge is 2.40. The van der Waals surface area contributed by atoms with Crippen LogP contribution in [0.1, 0.15) is 33.6 Å². The van der Waals surface area contributed by atoms with E-state index in [1.807, 2.05) is 0 Å². The van der Waals surface area contributed by atoms with Gasteiger partial charge in [-0.25, -0.2) is 9.59 Å². The summed E-state index contributed by atoms with van der Waals surface area (Å²) in [5, 5.41) is 9.06. The van der Waals surface area contributed by atoms with E-state index in [-0.39, 0.29) is 0 Å². The van der Waals surface area contributed by atoms with Crippen LogP contribution in [0.15, 0.2) is 0 Å². The summed E-state index contributed by atoms with van der Waals surface area (Å²) in [5.74, 6) is -1.06. The molecule has 1 fully saturated rings. The Labute approximate surface area is 107 Å². The highest BCUT2D eigenvalue weighted by atomic mass is 16.6. The minimum absolute atomic E-state index is 0.456. The van der Waals surface area contributed by atoms with Crippen molar-refractivity contribution in [3.05, 3.63) is 0 Å². The zero-order chi connectivity index (χ0) is 13.9. The van der Waals surface area contributed by atoms with E-state index >= 15 is 0 Å². The van der Waals surface area contributed by atoms with Crippen molar-refractivity contribution in [1.82, 2.24) is 4.90 Å². The number of carbonyl (C=O) groups excluding carboxylic acids is 1. The first-order chi connectivity index (χ1) is 8.26. The summed E-state index contributed by atoms with van der Waals surface area (Å²) in [6.07, 6.45) is -0.102. The first-order valence-electron chi connectivity index (χ1n) is 6.01. The fourth-order valence-electron chi connectivity index (χ4n) is 2.08. The van der Waals surface area contributed by atoms with Crippen molar-refractivity contribution in [2.24, 2.45) is 0 Å². The van der Waals surface area contributed by atoms with Gasteiger partial charge in [0.25, 0.3) is 0 Å². The molecule has 1 heterocycles. The lowest BCUT2D eigenvalue weighted by Crippen LogP contribution is -2.48. The van der Waals surface area contributed by atoms with Crippen LogP contribution in [-0.2, 0) is 14.3 Å². The van der Waals surface area contributed by atoms with E-state index in [9.17, 15) is 9.59 Å². The molecule has 0 saturated carbocycles. The van der Waals surface area contributed by atoms with E-state index in [2.05, 4.69) is 0 Å². The number of carboxylic acids is 1. The topological polar surface area (TPSA) is 76.1 Å². The van der Waals surface area contributed by atoms with Crippen molar-refractivity contribution < 1.29 is 24.2 Å². The third-order valence-electron chi connectivity index (χ3n) is 2.77. The van der Waals surface area contributed by atoms with Gasteiger partial charge in [-0.3, -0.25) is 0 Å². The fourth-order valence-corrected chi connectivity index (χ4v) is 2.08. The molecule has 1 rings (SSSR count). The van der Waals surface area contributed by atoms with Gasteiger partial charge in [-0.05, 0) is 33.6 Å². The zero-order valence-corrected chi connectivity index (χ0v) is 11.3. The number of carboxylic acid groups (broad SMARTS) is 1. The predicted molar refractivity (Wildman–Crippen MR) is 64.4 cm³/mol. The lowest BCUT2D eigenvalue weighted by molar-refractivity contribution is -0.151. The van der Waals surface area contributed by atoms with Crippen LogP contribution in [-0.4, -0.2) is 53.5 Å². The Morgan fingerprint density at radius 3 is 2.44 bits per heavy atom. The number of hydrogen-bond donors (Lipinski definition) is 1. The van der Waals surface area contributed by atoms with Crippen molar-refractivity contribution in [3.8, 4) is 0 Å². The van der Waals surface area contributed by atoms with Gasteiger partial charge >= 0.3 is 12.1 Å². The summed E-state index contributed by atoms with van der Waals surface area (Å²) in [6, 6.07) is -0.456. The molecule has 1 amide bonds. The second-order valence-corrected chi connectivity index (χ2v) is 5.38. The van der Waals surface area contributed by atoms with Crippen LogP contribution in [0.5, 0.6) is 0 Å². The summed E-state index contributed by atoms with van der Waals surface area (Å²) in [4.78, 5) is 24.5. The monoisotopic (exact) mass is 259 g/mol. The fraction of sp³-hybridized carbons (Fsp3) is 0.833. The molecule has 0 aromatic heterocycles. The quantitative estimate of drug-likeness (QED) is 0.831. The van der Waals surface area contributed by atoms with E-state index < -0.39 is 29.8 Å². The highest BCUT2D eigenvalue weighted by Crippen LogP contribution is 2.24. The molecule has 1 aliphatic heterocycles. The molecule has 104 valence electrons. The van der Waals surface area contributed by atoms with Gasteiger partial charge in [-0.2, -0.15) is 0 Å². The van der Waals surface area contributed by atoms with Gasteiger partial charge in [-0.15, -0.1) is 0 Å². The minimum atomic E-state index is -1.06. The summed E-state index contributed by atoms with van der Waals surface area (Å²) in [6.45, 7) is 5.84. The molecule has 0 aromatic rings. The van der Waals surface area contributed by atoms with Crippen LogP contribution < -0.4 is 0 Å². The average Bonchev–Trinajstić information content (AvgIpc) is 2.64. The number of amides is 1. The largest absolute Gasteiger partial charge is 0.479 e. The third kappa shape index (κ3) is 3.60. The van der Waals surface area contributed by atoms with Gasteiger partial charge in [0.15, 0.2) is 6.10 Å². The van der Waals surface area contributed by atoms with Gasteiger partial charge < -0.3 is 19.5 Å². The second kappa shape index (κ2) is 5.56. The molecule has 1 N–H and O–H groups in total. The van der Waals surface area contributed by atoms with Gasteiger partial charge in [-0.1, -0.05) is 0 Å². The van der Waals surface area contributed by atoms with Crippen LogP contribution in [0.2, 0.25) is 0 Å². The van der Waals surface area contributed by atoms with E-state index in [1.54, 1.807) is 20.8 Å². The maximum absolute atomic E-state index is 12.0. The Hall–Kier alpha value is -1.30. The molecular formula is C12H21NO5. The Balaban J connectivity index is 2.75. The normalized spacial score (nSPS) is 21.8. The molecule has 0 radical (unpaired) electrons. The standard InChI is InChI=1S/C12H21NO5/c1-12(2,3)18-11(16)13-7-5-6-8(13)9(17-4)10(14)15/h8-9H,5-7H2,1-4H3,(H,14,15)/t8?,9-/m0/s1. The summed E-state index contributed by atoms with van der Waals surface area (Å²) < 4.78 is 10.2. The number of hydrogen-bond acceptors (Lipinski definition) is 4. The lowest BCUT2D eigenvalue weighted by Gasteiger charge is -2.30. The molecule has 0 spiro atoms. The molecule has 2 atom stereocenters. The Bertz CT molecular complexity index is 323. The van der Waals surface area contributed by atoms with Crippen molar-refractivity contribution in [2.75, 3.05) is 13.7 Å². The van der Waals surface area contributed by atoms with Gasteiger partial charge in [0.2, 0.25) is 0 Å². The van der Waals surface area contributed by atoms with Crippen LogP contribution in [0.4, 0.5) is 4.79 Å². The van der Waals surface area contributed by atoms with Crippen molar-refractivity contribution >= 4 is 12.1 Å². The van der Waals surface area contributed by atoms with Crippen molar-refractivity contribution in [3.63, 3.8) is 0 Å². The minimum Gasteiger partial charge on any atom is -0.479 e. The Kier molecular flexibility index (Phi) is 4.56. The van der Waals surface area contributed by atoms with Gasteiger partial charge in [0, 0.05) is 13.7 Å².